The molecule has 1 aliphatic rings. The molecule has 6 heteroatoms. The second-order valence-corrected chi connectivity index (χ2v) is 4.64. The average Bonchev–Trinajstić information content (AvgIpc) is 2.94. The first kappa shape index (κ1) is 14.2. The quantitative estimate of drug-likeness (QED) is 0.660. The maximum absolute atomic E-state index is 12.6. The van der Waals surface area contributed by atoms with Crippen LogP contribution in [0.1, 0.15) is 23.2 Å². The predicted octanol–water partition coefficient (Wildman–Crippen LogP) is 1.05. The molecule has 0 bridgehead atoms. The van der Waals surface area contributed by atoms with E-state index in [1.165, 1.54) is 19.1 Å². The fourth-order valence-corrected chi connectivity index (χ4v) is 2.43. The first-order chi connectivity index (χ1) is 9.58. The molecule has 1 amide bonds. The van der Waals surface area contributed by atoms with Crippen molar-refractivity contribution in [1.82, 2.24) is 4.90 Å². The van der Waals surface area contributed by atoms with Gasteiger partial charge in [-0.15, -0.1) is 0 Å². The molecule has 6 nitrogen and oxygen atoms in total. The second kappa shape index (κ2) is 5.81. The number of nitrogen functional groups attached to an aromatic ring is 1. The third kappa shape index (κ3) is 2.54. The Morgan fingerprint density at radius 3 is 2.75 bits per heavy atom. The van der Waals surface area contributed by atoms with Gasteiger partial charge in [0.05, 0.1) is 19.8 Å². The van der Waals surface area contributed by atoms with Gasteiger partial charge in [-0.1, -0.05) is 0 Å². The van der Waals surface area contributed by atoms with E-state index in [-0.39, 0.29) is 11.9 Å². The number of hydrogen-bond donors (Lipinski definition) is 1. The van der Waals surface area contributed by atoms with Gasteiger partial charge in [-0.25, -0.2) is 4.79 Å². The van der Waals surface area contributed by atoms with E-state index in [2.05, 4.69) is 0 Å². The summed E-state index contributed by atoms with van der Waals surface area (Å²) < 4.78 is 9.93. The molecule has 1 heterocycles. The van der Waals surface area contributed by atoms with Crippen LogP contribution in [0.15, 0.2) is 18.2 Å². The van der Waals surface area contributed by atoms with Crippen molar-refractivity contribution in [3.8, 4) is 5.75 Å². The highest BCUT2D eigenvalue weighted by Gasteiger charge is 2.36. The number of esters is 1. The van der Waals surface area contributed by atoms with E-state index in [1.807, 2.05) is 0 Å². The van der Waals surface area contributed by atoms with Crippen LogP contribution in [-0.4, -0.2) is 43.6 Å². The summed E-state index contributed by atoms with van der Waals surface area (Å²) in [6.07, 6.45) is 1.40. The minimum Gasteiger partial charge on any atom is -0.496 e. The molecule has 0 spiro atoms. The van der Waals surface area contributed by atoms with Gasteiger partial charge in [-0.3, -0.25) is 4.79 Å². The number of anilines is 1. The summed E-state index contributed by atoms with van der Waals surface area (Å²) in [6, 6.07) is 4.33. The van der Waals surface area contributed by atoms with E-state index in [0.717, 1.165) is 6.42 Å². The van der Waals surface area contributed by atoms with Gasteiger partial charge >= 0.3 is 5.97 Å². The summed E-state index contributed by atoms with van der Waals surface area (Å²) in [5, 5.41) is 0. The van der Waals surface area contributed by atoms with Crippen molar-refractivity contribution in [3.63, 3.8) is 0 Å². The van der Waals surface area contributed by atoms with Gasteiger partial charge in [0.2, 0.25) is 0 Å². The molecule has 0 aromatic heterocycles. The molecule has 0 aliphatic carbocycles. The highest BCUT2D eigenvalue weighted by molar-refractivity contribution is 5.99. The smallest absolute Gasteiger partial charge is 0.328 e. The summed E-state index contributed by atoms with van der Waals surface area (Å²) in [4.78, 5) is 25.8. The number of carbonyl (C=O) groups excluding carboxylic acids is 2. The molecule has 2 N–H and O–H groups in total. The van der Waals surface area contributed by atoms with Crippen LogP contribution < -0.4 is 10.5 Å². The molecular weight excluding hydrogens is 260 g/mol. The van der Waals surface area contributed by atoms with E-state index in [4.69, 9.17) is 15.2 Å². The van der Waals surface area contributed by atoms with Crippen LogP contribution in [0.3, 0.4) is 0 Å². The van der Waals surface area contributed by atoms with Crippen LogP contribution in [0.5, 0.6) is 5.75 Å². The van der Waals surface area contributed by atoms with Gasteiger partial charge in [0.15, 0.2) is 0 Å². The number of amides is 1. The predicted molar refractivity (Wildman–Crippen MR) is 73.5 cm³/mol. The summed E-state index contributed by atoms with van der Waals surface area (Å²) in [5.74, 6) is -0.217. The summed E-state index contributed by atoms with van der Waals surface area (Å²) >= 11 is 0. The molecule has 1 aromatic carbocycles. The zero-order valence-corrected chi connectivity index (χ0v) is 11.6. The zero-order valence-electron chi connectivity index (χ0n) is 11.6. The van der Waals surface area contributed by atoms with Crippen LogP contribution in [0.4, 0.5) is 5.69 Å². The Hall–Kier alpha value is -2.24. The zero-order chi connectivity index (χ0) is 14.7. The molecule has 0 radical (unpaired) electrons. The summed E-state index contributed by atoms with van der Waals surface area (Å²) in [5.41, 5.74) is 6.59. The molecule has 1 atom stereocenters. The second-order valence-electron chi connectivity index (χ2n) is 4.64. The van der Waals surface area contributed by atoms with Gasteiger partial charge in [-0.05, 0) is 25.0 Å². The molecule has 2 rings (SSSR count). The lowest BCUT2D eigenvalue weighted by Gasteiger charge is -2.23. The van der Waals surface area contributed by atoms with Gasteiger partial charge < -0.3 is 20.1 Å². The van der Waals surface area contributed by atoms with Crippen LogP contribution in [0, 0.1) is 0 Å². The largest absolute Gasteiger partial charge is 0.496 e. The number of ether oxygens (including phenoxy) is 2. The minimum atomic E-state index is -0.519. The number of hydrogen-bond acceptors (Lipinski definition) is 5. The highest BCUT2D eigenvalue weighted by Crippen LogP contribution is 2.27. The maximum Gasteiger partial charge on any atom is 0.328 e. The molecule has 1 aliphatic heterocycles. The van der Waals surface area contributed by atoms with Gasteiger partial charge in [0, 0.05) is 18.3 Å². The molecule has 1 aromatic rings. The molecule has 20 heavy (non-hydrogen) atoms. The third-order valence-electron chi connectivity index (χ3n) is 3.44. The topological polar surface area (TPSA) is 81.9 Å². The average molecular weight is 278 g/mol. The van der Waals surface area contributed by atoms with Crippen molar-refractivity contribution < 1.29 is 19.1 Å². The van der Waals surface area contributed by atoms with E-state index in [0.29, 0.717) is 30.0 Å². The molecule has 0 saturated carbocycles. The molecule has 1 unspecified atom stereocenters. The number of nitrogens with two attached hydrogens (primary N) is 1. The number of carbonyl (C=O) groups is 2. The van der Waals surface area contributed by atoms with Crippen LogP contribution in [0.25, 0.3) is 0 Å². The van der Waals surface area contributed by atoms with Crippen molar-refractivity contribution >= 4 is 17.6 Å². The molecule has 1 fully saturated rings. The Kier molecular flexibility index (Phi) is 4.12. The Bertz CT molecular complexity index is 530. The molecule has 108 valence electrons. The van der Waals surface area contributed by atoms with E-state index >= 15 is 0 Å². The Morgan fingerprint density at radius 2 is 2.10 bits per heavy atom. The lowest BCUT2D eigenvalue weighted by atomic mass is 10.1. The first-order valence-corrected chi connectivity index (χ1v) is 6.40. The fourth-order valence-electron chi connectivity index (χ4n) is 2.43. The number of rotatable bonds is 3. The normalized spacial score (nSPS) is 17.9. The molecule has 1 saturated heterocycles. The first-order valence-electron chi connectivity index (χ1n) is 6.40. The minimum absolute atomic E-state index is 0.241. The van der Waals surface area contributed by atoms with Crippen LogP contribution >= 0.6 is 0 Å². The molecular formula is C14H18N2O4. The lowest BCUT2D eigenvalue weighted by molar-refractivity contribution is -0.145. The Morgan fingerprint density at radius 1 is 1.35 bits per heavy atom. The van der Waals surface area contributed by atoms with Gasteiger partial charge in [-0.2, -0.15) is 0 Å². The Balaban J connectivity index is 2.29. The van der Waals surface area contributed by atoms with Crippen LogP contribution in [0.2, 0.25) is 0 Å². The van der Waals surface area contributed by atoms with Crippen molar-refractivity contribution in [3.05, 3.63) is 23.8 Å². The Labute approximate surface area is 117 Å². The van der Waals surface area contributed by atoms with Crippen molar-refractivity contribution in [2.45, 2.75) is 18.9 Å². The summed E-state index contributed by atoms with van der Waals surface area (Å²) in [7, 11) is 2.81. The van der Waals surface area contributed by atoms with Crippen molar-refractivity contribution in [1.29, 1.82) is 0 Å². The SMILES string of the molecule is COC(=O)C1CCCN1C(=O)c1ccc(N)cc1OC. The summed E-state index contributed by atoms with van der Waals surface area (Å²) in [6.45, 7) is 0.534. The number of nitrogens with zero attached hydrogens (tertiary/aromatic N) is 1. The monoisotopic (exact) mass is 278 g/mol. The number of likely N-dealkylation sites (tertiary alicyclic amines) is 1. The number of methoxy groups -OCH3 is 2. The fraction of sp³-hybridized carbons (Fsp3) is 0.429. The van der Waals surface area contributed by atoms with Gasteiger partial charge in [0.1, 0.15) is 11.8 Å². The van der Waals surface area contributed by atoms with Crippen molar-refractivity contribution in [2.75, 3.05) is 26.5 Å². The standard InChI is InChI=1S/C14H18N2O4/c1-19-12-8-9(15)5-6-10(12)13(17)16-7-3-4-11(16)14(18)20-2/h5-6,8,11H,3-4,7,15H2,1-2H3. The van der Waals surface area contributed by atoms with Crippen LogP contribution in [-0.2, 0) is 9.53 Å². The maximum atomic E-state index is 12.6. The van der Waals surface area contributed by atoms with E-state index in [1.54, 1.807) is 18.2 Å². The lowest BCUT2D eigenvalue weighted by Crippen LogP contribution is -2.41. The van der Waals surface area contributed by atoms with E-state index < -0.39 is 6.04 Å². The van der Waals surface area contributed by atoms with Gasteiger partial charge in [0.25, 0.3) is 5.91 Å². The highest BCUT2D eigenvalue weighted by atomic mass is 16.5. The van der Waals surface area contributed by atoms with Crippen molar-refractivity contribution in [2.24, 2.45) is 0 Å². The third-order valence-corrected chi connectivity index (χ3v) is 3.44. The number of benzene rings is 1. The van der Waals surface area contributed by atoms with E-state index in [9.17, 15) is 9.59 Å².